The van der Waals surface area contributed by atoms with Crippen LogP contribution in [0.2, 0.25) is 0 Å². The van der Waals surface area contributed by atoms with Crippen LogP contribution in [-0.4, -0.2) is 4.57 Å². The molecule has 0 unspecified atom stereocenters. The summed E-state index contributed by atoms with van der Waals surface area (Å²) in [6.45, 7) is 0. The number of benzene rings is 8. The van der Waals surface area contributed by atoms with Crippen LogP contribution >= 0.6 is 0 Å². The first-order valence-electron chi connectivity index (χ1n) is 16.7. The van der Waals surface area contributed by atoms with Gasteiger partial charge >= 0.3 is 0 Å². The first kappa shape index (κ1) is 27.5. The van der Waals surface area contributed by atoms with Crippen molar-refractivity contribution in [2.75, 3.05) is 4.90 Å². The lowest BCUT2D eigenvalue weighted by molar-refractivity contribution is 0.669. The lowest BCUT2D eigenvalue weighted by Gasteiger charge is -2.27. The predicted molar refractivity (Wildman–Crippen MR) is 206 cm³/mol. The number of furan rings is 1. The Morgan fingerprint density at radius 3 is 1.67 bits per heavy atom. The van der Waals surface area contributed by atoms with Gasteiger partial charge in [-0.15, -0.1) is 0 Å². The molecular weight excluding hydrogens is 597 g/mol. The zero-order valence-electron chi connectivity index (χ0n) is 26.6. The molecule has 0 aliphatic heterocycles. The van der Waals surface area contributed by atoms with E-state index in [0.29, 0.717) is 0 Å². The lowest BCUT2D eigenvalue weighted by atomic mass is 10.0. The summed E-state index contributed by atoms with van der Waals surface area (Å²) in [5.41, 5.74) is 11.0. The zero-order valence-corrected chi connectivity index (χ0v) is 26.6. The van der Waals surface area contributed by atoms with Crippen LogP contribution in [0.3, 0.4) is 0 Å². The summed E-state index contributed by atoms with van der Waals surface area (Å²) in [4.78, 5) is 2.36. The summed E-state index contributed by atoms with van der Waals surface area (Å²) in [5.74, 6) is 0. The van der Waals surface area contributed by atoms with Crippen molar-refractivity contribution in [3.8, 4) is 16.8 Å². The third-order valence-corrected chi connectivity index (χ3v) is 9.79. The maximum absolute atomic E-state index is 6.19. The van der Waals surface area contributed by atoms with Crippen LogP contribution in [0.5, 0.6) is 0 Å². The molecule has 230 valence electrons. The van der Waals surface area contributed by atoms with Gasteiger partial charge in [-0.05, 0) is 83.2 Å². The second-order valence-corrected chi connectivity index (χ2v) is 12.6. The number of rotatable bonds is 5. The van der Waals surface area contributed by atoms with Gasteiger partial charge in [-0.3, -0.25) is 0 Å². The van der Waals surface area contributed by atoms with Gasteiger partial charge in [0.05, 0.1) is 16.7 Å². The van der Waals surface area contributed by atoms with E-state index in [2.05, 4.69) is 179 Å². The molecule has 3 nitrogen and oxygen atoms in total. The van der Waals surface area contributed by atoms with Gasteiger partial charge in [0.2, 0.25) is 0 Å². The van der Waals surface area contributed by atoms with Crippen LogP contribution < -0.4 is 4.90 Å². The average molecular weight is 627 g/mol. The number of para-hydroxylation sites is 3. The Kier molecular flexibility index (Phi) is 6.18. The van der Waals surface area contributed by atoms with Crippen LogP contribution in [0, 0.1) is 0 Å². The van der Waals surface area contributed by atoms with Gasteiger partial charge in [-0.25, -0.2) is 0 Å². The highest BCUT2D eigenvalue weighted by atomic mass is 16.3. The molecule has 49 heavy (non-hydrogen) atoms. The third kappa shape index (κ3) is 4.44. The van der Waals surface area contributed by atoms with E-state index in [1.807, 2.05) is 12.1 Å². The molecular formula is C46H30N2O. The molecule has 2 heterocycles. The fourth-order valence-electron chi connectivity index (χ4n) is 7.49. The van der Waals surface area contributed by atoms with Crippen molar-refractivity contribution in [2.45, 2.75) is 0 Å². The Morgan fingerprint density at radius 1 is 0.388 bits per heavy atom. The second kappa shape index (κ2) is 11.0. The second-order valence-electron chi connectivity index (χ2n) is 12.6. The fraction of sp³-hybridized carbons (Fsp3) is 0. The molecule has 0 radical (unpaired) electrons. The van der Waals surface area contributed by atoms with E-state index in [9.17, 15) is 0 Å². The van der Waals surface area contributed by atoms with Crippen molar-refractivity contribution in [2.24, 2.45) is 0 Å². The quantitative estimate of drug-likeness (QED) is 0.190. The van der Waals surface area contributed by atoms with E-state index in [1.165, 1.54) is 43.7 Å². The number of nitrogens with zero attached hydrogens (tertiary/aromatic N) is 2. The summed E-state index contributed by atoms with van der Waals surface area (Å²) >= 11 is 0. The number of aromatic nitrogens is 1. The molecule has 10 aromatic rings. The Labute approximate surface area is 283 Å². The highest BCUT2D eigenvalue weighted by molar-refractivity contribution is 6.09. The monoisotopic (exact) mass is 626 g/mol. The minimum Gasteiger partial charge on any atom is -0.456 e. The standard InChI is InChI=1S/C46H30N2O/c1-2-12-37-33(10-1)11-9-18-42(37)47(36-28-29-46-41(30-36)40-15-5-8-19-45(40)49-46)34-24-20-31(21-25-34)32-22-26-35(27-23-32)48-43-16-6-3-13-38(43)39-14-4-7-17-44(39)48/h1-30H. The largest absolute Gasteiger partial charge is 0.456 e. The van der Waals surface area contributed by atoms with Gasteiger partial charge in [-0.2, -0.15) is 0 Å². The molecule has 0 aliphatic carbocycles. The lowest BCUT2D eigenvalue weighted by Crippen LogP contribution is -2.10. The Morgan fingerprint density at radius 2 is 0.939 bits per heavy atom. The van der Waals surface area contributed by atoms with Gasteiger partial charge in [0, 0.05) is 44.0 Å². The van der Waals surface area contributed by atoms with E-state index in [0.717, 1.165) is 44.7 Å². The van der Waals surface area contributed by atoms with Crippen molar-refractivity contribution in [3.05, 3.63) is 182 Å². The molecule has 3 heteroatoms. The first-order chi connectivity index (χ1) is 24.3. The van der Waals surface area contributed by atoms with Crippen LogP contribution in [0.25, 0.3) is 71.3 Å². The first-order valence-corrected chi connectivity index (χ1v) is 16.7. The molecule has 10 rings (SSSR count). The van der Waals surface area contributed by atoms with E-state index in [1.54, 1.807) is 0 Å². The molecule has 0 fully saturated rings. The summed E-state index contributed by atoms with van der Waals surface area (Å²) in [6, 6.07) is 65.0. The molecule has 0 aliphatic rings. The Bertz CT molecular complexity index is 2760. The van der Waals surface area contributed by atoms with Crippen LogP contribution in [-0.2, 0) is 0 Å². The molecule has 8 aromatic carbocycles. The zero-order chi connectivity index (χ0) is 32.3. The molecule has 0 spiro atoms. The fourth-order valence-corrected chi connectivity index (χ4v) is 7.49. The van der Waals surface area contributed by atoms with Crippen molar-refractivity contribution in [1.29, 1.82) is 0 Å². The smallest absolute Gasteiger partial charge is 0.135 e. The number of hydrogen-bond donors (Lipinski definition) is 0. The Balaban J connectivity index is 1.06. The normalized spacial score (nSPS) is 11.7. The molecule has 0 atom stereocenters. The molecule has 0 N–H and O–H groups in total. The van der Waals surface area contributed by atoms with E-state index < -0.39 is 0 Å². The molecule has 2 aromatic heterocycles. The topological polar surface area (TPSA) is 21.3 Å². The van der Waals surface area contributed by atoms with Gasteiger partial charge in [-0.1, -0.05) is 115 Å². The maximum atomic E-state index is 6.19. The number of hydrogen-bond acceptors (Lipinski definition) is 2. The molecule has 0 bridgehead atoms. The highest BCUT2D eigenvalue weighted by Gasteiger charge is 2.18. The van der Waals surface area contributed by atoms with Crippen molar-refractivity contribution < 1.29 is 4.42 Å². The van der Waals surface area contributed by atoms with Gasteiger partial charge in [0.25, 0.3) is 0 Å². The molecule has 0 saturated heterocycles. The predicted octanol–water partition coefficient (Wildman–Crippen LogP) is 13.0. The van der Waals surface area contributed by atoms with Crippen molar-refractivity contribution >= 4 is 71.6 Å². The summed E-state index contributed by atoms with van der Waals surface area (Å²) in [7, 11) is 0. The molecule has 0 saturated carbocycles. The molecule has 0 amide bonds. The summed E-state index contributed by atoms with van der Waals surface area (Å²) in [6.07, 6.45) is 0. The average Bonchev–Trinajstić information content (AvgIpc) is 3.71. The van der Waals surface area contributed by atoms with Gasteiger partial charge in [0.15, 0.2) is 0 Å². The van der Waals surface area contributed by atoms with Gasteiger partial charge in [0.1, 0.15) is 11.2 Å². The van der Waals surface area contributed by atoms with E-state index in [4.69, 9.17) is 4.42 Å². The van der Waals surface area contributed by atoms with Crippen molar-refractivity contribution in [3.63, 3.8) is 0 Å². The van der Waals surface area contributed by atoms with Crippen LogP contribution in [0.1, 0.15) is 0 Å². The van der Waals surface area contributed by atoms with Crippen LogP contribution in [0.15, 0.2) is 186 Å². The minimum atomic E-state index is 0.891. The van der Waals surface area contributed by atoms with Gasteiger partial charge < -0.3 is 13.9 Å². The minimum absolute atomic E-state index is 0.891. The van der Waals surface area contributed by atoms with E-state index in [-0.39, 0.29) is 0 Å². The summed E-state index contributed by atoms with van der Waals surface area (Å²) < 4.78 is 8.55. The SMILES string of the molecule is c1ccc2c(N(c3ccc(-c4ccc(-n5c6ccccc6c6ccccc65)cc4)cc3)c3ccc4oc5ccccc5c4c3)cccc2c1. The summed E-state index contributed by atoms with van der Waals surface area (Å²) in [5, 5.41) is 7.18. The number of fused-ring (bicyclic) bond motifs is 7. The van der Waals surface area contributed by atoms with Crippen LogP contribution in [0.4, 0.5) is 17.1 Å². The van der Waals surface area contributed by atoms with Crippen molar-refractivity contribution in [1.82, 2.24) is 4.57 Å². The number of anilines is 3. The Hall–Kier alpha value is -6.58. The maximum Gasteiger partial charge on any atom is 0.135 e. The van der Waals surface area contributed by atoms with E-state index >= 15 is 0 Å². The third-order valence-electron chi connectivity index (χ3n) is 9.79. The highest BCUT2D eigenvalue weighted by Crippen LogP contribution is 2.42.